The molecule has 3 unspecified atom stereocenters. The SMILES string of the molecule is CCCCC1c2ccccc2C2(O)C(CCc3cccnc3)CCCN12. The van der Waals surface area contributed by atoms with Gasteiger partial charge in [0, 0.05) is 36.5 Å². The van der Waals surface area contributed by atoms with Gasteiger partial charge in [0.25, 0.3) is 0 Å². The minimum Gasteiger partial charge on any atom is -0.371 e. The van der Waals surface area contributed by atoms with Gasteiger partial charge >= 0.3 is 0 Å². The van der Waals surface area contributed by atoms with Gasteiger partial charge in [-0.25, -0.2) is 0 Å². The summed E-state index contributed by atoms with van der Waals surface area (Å²) >= 11 is 0. The summed E-state index contributed by atoms with van der Waals surface area (Å²) in [6, 6.07) is 13.1. The lowest BCUT2D eigenvalue weighted by Gasteiger charge is -2.47. The molecule has 0 amide bonds. The first-order valence-electron chi connectivity index (χ1n) is 10.2. The van der Waals surface area contributed by atoms with E-state index in [1.54, 1.807) is 0 Å². The summed E-state index contributed by atoms with van der Waals surface area (Å²) < 4.78 is 0. The first kappa shape index (κ1) is 17.7. The Bertz CT molecular complexity index is 732. The number of pyridine rings is 1. The van der Waals surface area contributed by atoms with Crippen LogP contribution in [0.15, 0.2) is 48.8 Å². The Morgan fingerprint density at radius 2 is 2.08 bits per heavy atom. The molecule has 3 nitrogen and oxygen atoms in total. The number of aromatic nitrogens is 1. The van der Waals surface area contributed by atoms with Gasteiger partial charge in [0.2, 0.25) is 0 Å². The largest absolute Gasteiger partial charge is 0.371 e. The van der Waals surface area contributed by atoms with Gasteiger partial charge in [-0.2, -0.15) is 0 Å². The molecule has 0 radical (unpaired) electrons. The summed E-state index contributed by atoms with van der Waals surface area (Å²) in [5.41, 5.74) is 2.99. The van der Waals surface area contributed by atoms with E-state index in [1.807, 2.05) is 18.5 Å². The highest BCUT2D eigenvalue weighted by Crippen LogP contribution is 2.54. The number of unbranched alkanes of at least 4 members (excludes halogenated alkanes) is 1. The third kappa shape index (κ3) is 2.97. The standard InChI is InChI=1S/C23H30N2O/c1-2-3-12-22-20-10-4-5-11-21(20)23(26)19(9-7-16-25(22)23)14-13-18-8-6-15-24-17-18/h4-6,8,10-11,15,17,19,22,26H,2-3,7,9,12-14,16H2,1H3. The molecule has 1 fully saturated rings. The minimum atomic E-state index is -0.796. The second kappa shape index (κ2) is 7.50. The van der Waals surface area contributed by atoms with E-state index in [2.05, 4.69) is 47.1 Å². The van der Waals surface area contributed by atoms with Gasteiger partial charge in [-0.05, 0) is 49.3 Å². The lowest BCUT2D eigenvalue weighted by molar-refractivity contribution is -0.184. The van der Waals surface area contributed by atoms with E-state index in [4.69, 9.17) is 0 Å². The molecule has 3 heteroatoms. The zero-order valence-corrected chi connectivity index (χ0v) is 15.8. The van der Waals surface area contributed by atoms with E-state index in [0.717, 1.165) is 37.8 Å². The number of piperidine rings is 1. The van der Waals surface area contributed by atoms with Crippen molar-refractivity contribution in [2.24, 2.45) is 5.92 Å². The fraction of sp³-hybridized carbons (Fsp3) is 0.522. The van der Waals surface area contributed by atoms with Crippen LogP contribution in [0.4, 0.5) is 0 Å². The van der Waals surface area contributed by atoms with E-state index >= 15 is 0 Å². The Morgan fingerprint density at radius 3 is 2.88 bits per heavy atom. The fourth-order valence-corrected chi connectivity index (χ4v) is 5.11. The summed E-state index contributed by atoms with van der Waals surface area (Å²) in [5.74, 6) is 0.282. The molecular formula is C23H30N2O. The molecule has 0 aliphatic carbocycles. The van der Waals surface area contributed by atoms with Crippen LogP contribution in [0.25, 0.3) is 0 Å². The van der Waals surface area contributed by atoms with E-state index in [0.29, 0.717) is 6.04 Å². The van der Waals surface area contributed by atoms with Gasteiger partial charge in [0.05, 0.1) is 0 Å². The predicted octanol–water partition coefficient (Wildman–Crippen LogP) is 4.82. The van der Waals surface area contributed by atoms with Crippen molar-refractivity contribution in [1.82, 2.24) is 9.88 Å². The Kier molecular flexibility index (Phi) is 5.10. The average molecular weight is 351 g/mol. The number of aryl methyl sites for hydroxylation is 1. The van der Waals surface area contributed by atoms with Crippen molar-refractivity contribution in [2.45, 2.75) is 63.6 Å². The molecular weight excluding hydrogens is 320 g/mol. The molecule has 138 valence electrons. The van der Waals surface area contributed by atoms with Crippen LogP contribution in [0.5, 0.6) is 0 Å². The molecule has 2 aromatic rings. The molecule has 0 spiro atoms. The molecule has 0 saturated carbocycles. The minimum absolute atomic E-state index is 0.282. The fourth-order valence-electron chi connectivity index (χ4n) is 5.11. The number of rotatable bonds is 6. The maximum Gasteiger partial charge on any atom is 0.148 e. The Morgan fingerprint density at radius 1 is 1.19 bits per heavy atom. The van der Waals surface area contributed by atoms with Crippen LogP contribution >= 0.6 is 0 Å². The zero-order chi connectivity index (χ0) is 18.0. The van der Waals surface area contributed by atoms with Crippen molar-refractivity contribution >= 4 is 0 Å². The van der Waals surface area contributed by atoms with E-state index in [9.17, 15) is 5.11 Å². The topological polar surface area (TPSA) is 36.4 Å². The molecule has 1 aromatic heterocycles. The summed E-state index contributed by atoms with van der Waals surface area (Å²) in [5, 5.41) is 12.0. The summed E-state index contributed by atoms with van der Waals surface area (Å²) in [6.07, 6.45) is 11.6. The molecule has 3 heterocycles. The quantitative estimate of drug-likeness (QED) is 0.812. The van der Waals surface area contributed by atoms with Crippen molar-refractivity contribution in [1.29, 1.82) is 0 Å². The van der Waals surface area contributed by atoms with Crippen molar-refractivity contribution in [3.8, 4) is 0 Å². The molecule has 1 aromatic carbocycles. The molecule has 4 rings (SSSR count). The van der Waals surface area contributed by atoms with Crippen molar-refractivity contribution in [2.75, 3.05) is 6.54 Å². The predicted molar refractivity (Wildman–Crippen MR) is 105 cm³/mol. The monoisotopic (exact) mass is 350 g/mol. The smallest absolute Gasteiger partial charge is 0.148 e. The molecule has 26 heavy (non-hydrogen) atoms. The van der Waals surface area contributed by atoms with Gasteiger partial charge in [-0.3, -0.25) is 9.88 Å². The Labute approximate surface area is 157 Å². The number of nitrogens with zero attached hydrogens (tertiary/aromatic N) is 2. The molecule has 0 bridgehead atoms. The maximum absolute atomic E-state index is 12.0. The Hall–Kier alpha value is -1.71. The van der Waals surface area contributed by atoms with E-state index < -0.39 is 5.72 Å². The highest BCUT2D eigenvalue weighted by Gasteiger charge is 2.54. The van der Waals surface area contributed by atoms with Gasteiger partial charge in [0.1, 0.15) is 5.72 Å². The highest BCUT2D eigenvalue weighted by molar-refractivity contribution is 5.40. The van der Waals surface area contributed by atoms with Crippen LogP contribution in [-0.4, -0.2) is 21.5 Å². The van der Waals surface area contributed by atoms with Gasteiger partial charge in [-0.1, -0.05) is 50.1 Å². The number of hydrogen-bond acceptors (Lipinski definition) is 3. The second-order valence-electron chi connectivity index (χ2n) is 7.90. The number of benzene rings is 1. The van der Waals surface area contributed by atoms with E-state index in [1.165, 1.54) is 30.4 Å². The van der Waals surface area contributed by atoms with Crippen LogP contribution in [0.3, 0.4) is 0 Å². The molecule has 2 aliphatic heterocycles. The maximum atomic E-state index is 12.0. The second-order valence-corrected chi connectivity index (χ2v) is 7.90. The number of aliphatic hydroxyl groups is 1. The van der Waals surface area contributed by atoms with Crippen LogP contribution in [0, 0.1) is 5.92 Å². The normalized spacial score (nSPS) is 27.9. The summed E-state index contributed by atoms with van der Waals surface area (Å²) in [4.78, 5) is 6.66. The average Bonchev–Trinajstić information content (AvgIpc) is 2.94. The van der Waals surface area contributed by atoms with Crippen LogP contribution < -0.4 is 0 Å². The van der Waals surface area contributed by atoms with Crippen molar-refractivity contribution in [3.05, 3.63) is 65.5 Å². The molecule has 1 saturated heterocycles. The first-order valence-corrected chi connectivity index (χ1v) is 10.2. The zero-order valence-electron chi connectivity index (χ0n) is 15.8. The Balaban J connectivity index is 1.62. The third-order valence-electron chi connectivity index (χ3n) is 6.39. The van der Waals surface area contributed by atoms with Gasteiger partial charge in [0.15, 0.2) is 0 Å². The lowest BCUT2D eigenvalue weighted by Crippen LogP contribution is -2.52. The van der Waals surface area contributed by atoms with Crippen LogP contribution in [0.1, 0.15) is 68.2 Å². The molecule has 2 aliphatic rings. The summed E-state index contributed by atoms with van der Waals surface area (Å²) in [6.45, 7) is 3.25. The van der Waals surface area contributed by atoms with Crippen LogP contribution in [-0.2, 0) is 12.1 Å². The van der Waals surface area contributed by atoms with Crippen molar-refractivity contribution in [3.63, 3.8) is 0 Å². The molecule has 3 atom stereocenters. The van der Waals surface area contributed by atoms with E-state index in [-0.39, 0.29) is 5.92 Å². The third-order valence-corrected chi connectivity index (χ3v) is 6.39. The first-order chi connectivity index (χ1) is 12.7. The number of hydrogen-bond donors (Lipinski definition) is 1. The van der Waals surface area contributed by atoms with Crippen LogP contribution in [0.2, 0.25) is 0 Å². The summed E-state index contributed by atoms with van der Waals surface area (Å²) in [7, 11) is 0. The van der Waals surface area contributed by atoms with Gasteiger partial charge < -0.3 is 5.11 Å². The molecule has 1 N–H and O–H groups in total. The highest BCUT2D eigenvalue weighted by atomic mass is 16.3. The van der Waals surface area contributed by atoms with Gasteiger partial charge in [-0.15, -0.1) is 0 Å². The lowest BCUT2D eigenvalue weighted by atomic mass is 9.79. The van der Waals surface area contributed by atoms with Crippen molar-refractivity contribution < 1.29 is 5.11 Å². The number of fused-ring (bicyclic) bond motifs is 3.